The van der Waals surface area contributed by atoms with E-state index in [0.717, 1.165) is 6.54 Å². The minimum Gasteiger partial charge on any atom is -0.346 e. The highest BCUT2D eigenvalue weighted by molar-refractivity contribution is 5.92. The molecule has 0 saturated carbocycles. The molecular formula is C12H20N6O. The number of hydrogen-bond donors (Lipinski definition) is 2. The molecule has 3 fully saturated rings. The van der Waals surface area contributed by atoms with Gasteiger partial charge in [0.15, 0.2) is 5.69 Å². The Balaban J connectivity index is 1.61. The molecule has 4 rings (SSSR count). The van der Waals surface area contributed by atoms with E-state index in [-0.39, 0.29) is 11.9 Å². The Hall–Kier alpha value is -1.47. The van der Waals surface area contributed by atoms with Crippen molar-refractivity contribution >= 4 is 5.91 Å². The number of nitrogens with two attached hydrogens (primary N) is 1. The molecule has 4 heterocycles. The van der Waals surface area contributed by atoms with Crippen molar-refractivity contribution in [2.45, 2.75) is 25.4 Å². The van der Waals surface area contributed by atoms with Crippen LogP contribution in [-0.4, -0.2) is 58.0 Å². The van der Waals surface area contributed by atoms with Crippen molar-refractivity contribution in [3.8, 4) is 0 Å². The quantitative estimate of drug-likeness (QED) is 0.733. The first-order chi connectivity index (χ1) is 9.26. The molecule has 1 aromatic heterocycles. The van der Waals surface area contributed by atoms with Gasteiger partial charge in [-0.1, -0.05) is 5.21 Å². The molecule has 0 spiro atoms. The Bertz CT molecular complexity index is 451. The van der Waals surface area contributed by atoms with Gasteiger partial charge in [0.1, 0.15) is 0 Å². The summed E-state index contributed by atoms with van der Waals surface area (Å²) >= 11 is 0. The molecule has 7 nitrogen and oxygen atoms in total. The average Bonchev–Trinajstić information content (AvgIpc) is 2.89. The van der Waals surface area contributed by atoms with Crippen LogP contribution in [0.4, 0.5) is 0 Å². The highest BCUT2D eigenvalue weighted by atomic mass is 16.2. The molecule has 3 aliphatic heterocycles. The van der Waals surface area contributed by atoms with Crippen LogP contribution in [0.1, 0.15) is 23.3 Å². The van der Waals surface area contributed by atoms with Crippen LogP contribution in [0.5, 0.6) is 0 Å². The van der Waals surface area contributed by atoms with Gasteiger partial charge in [0.05, 0.1) is 12.7 Å². The van der Waals surface area contributed by atoms with Crippen molar-refractivity contribution in [3.63, 3.8) is 0 Å². The zero-order valence-corrected chi connectivity index (χ0v) is 11.0. The first-order valence-electron chi connectivity index (χ1n) is 6.89. The van der Waals surface area contributed by atoms with Crippen molar-refractivity contribution < 1.29 is 4.79 Å². The maximum Gasteiger partial charge on any atom is 0.273 e. The Morgan fingerprint density at radius 3 is 2.89 bits per heavy atom. The SMILES string of the molecule is NCCn1cc(C(=O)NC2CN3CCC2CC3)nn1. The second-order valence-electron chi connectivity index (χ2n) is 5.37. The molecule has 2 bridgehead atoms. The third kappa shape index (κ3) is 2.62. The van der Waals surface area contributed by atoms with Gasteiger partial charge in [0, 0.05) is 19.1 Å². The molecule has 1 amide bonds. The first-order valence-corrected chi connectivity index (χ1v) is 6.89. The lowest BCUT2D eigenvalue weighted by atomic mass is 9.84. The fourth-order valence-electron chi connectivity index (χ4n) is 3.01. The van der Waals surface area contributed by atoms with E-state index in [2.05, 4.69) is 20.5 Å². The smallest absolute Gasteiger partial charge is 0.273 e. The minimum absolute atomic E-state index is 0.123. The largest absolute Gasteiger partial charge is 0.346 e. The summed E-state index contributed by atoms with van der Waals surface area (Å²) in [5, 5.41) is 10.9. The Morgan fingerprint density at radius 1 is 1.47 bits per heavy atom. The number of aromatic nitrogens is 3. The van der Waals surface area contributed by atoms with E-state index in [4.69, 9.17) is 5.73 Å². The number of piperidine rings is 3. The summed E-state index contributed by atoms with van der Waals surface area (Å²) in [4.78, 5) is 14.5. The third-order valence-corrected chi connectivity index (χ3v) is 4.10. The zero-order valence-electron chi connectivity index (χ0n) is 11.0. The first kappa shape index (κ1) is 12.6. The molecule has 7 heteroatoms. The Kier molecular flexibility index (Phi) is 3.48. The van der Waals surface area contributed by atoms with E-state index in [1.54, 1.807) is 10.9 Å². The summed E-state index contributed by atoms with van der Waals surface area (Å²) in [6, 6.07) is 0.259. The van der Waals surface area contributed by atoms with E-state index in [1.807, 2.05) is 0 Å². The Labute approximate surface area is 112 Å². The summed E-state index contributed by atoms with van der Waals surface area (Å²) in [6.07, 6.45) is 4.03. The lowest BCUT2D eigenvalue weighted by Gasteiger charge is -2.44. The number of carbonyl (C=O) groups excluding carboxylic acids is 1. The predicted octanol–water partition coefficient (Wildman–Crippen LogP) is -0.939. The molecule has 0 radical (unpaired) electrons. The maximum atomic E-state index is 12.1. The normalized spacial score (nSPS) is 29.4. The number of nitrogens with zero attached hydrogens (tertiary/aromatic N) is 4. The maximum absolute atomic E-state index is 12.1. The number of amides is 1. The fraction of sp³-hybridized carbons (Fsp3) is 0.750. The fourth-order valence-corrected chi connectivity index (χ4v) is 3.01. The average molecular weight is 264 g/mol. The molecule has 1 aromatic rings. The highest BCUT2D eigenvalue weighted by Gasteiger charge is 2.35. The monoisotopic (exact) mass is 264 g/mol. The second-order valence-corrected chi connectivity index (χ2v) is 5.37. The summed E-state index contributed by atoms with van der Waals surface area (Å²) in [7, 11) is 0. The Morgan fingerprint density at radius 2 is 2.26 bits per heavy atom. The van der Waals surface area contributed by atoms with Crippen LogP contribution in [0.15, 0.2) is 6.20 Å². The van der Waals surface area contributed by atoms with Crippen molar-refractivity contribution in [2.24, 2.45) is 11.7 Å². The topological polar surface area (TPSA) is 89.1 Å². The van der Waals surface area contributed by atoms with Gasteiger partial charge >= 0.3 is 0 Å². The van der Waals surface area contributed by atoms with Crippen molar-refractivity contribution in [1.29, 1.82) is 0 Å². The number of fused-ring (bicyclic) bond motifs is 3. The summed E-state index contributed by atoms with van der Waals surface area (Å²) < 4.78 is 1.60. The van der Waals surface area contributed by atoms with Crippen molar-refractivity contribution in [1.82, 2.24) is 25.2 Å². The lowest BCUT2D eigenvalue weighted by Crippen LogP contribution is -2.57. The highest BCUT2D eigenvalue weighted by Crippen LogP contribution is 2.27. The lowest BCUT2D eigenvalue weighted by molar-refractivity contribution is 0.0617. The van der Waals surface area contributed by atoms with E-state index in [0.29, 0.717) is 24.7 Å². The molecule has 19 heavy (non-hydrogen) atoms. The van der Waals surface area contributed by atoms with Gasteiger partial charge in [-0.3, -0.25) is 9.48 Å². The predicted molar refractivity (Wildman–Crippen MR) is 69.5 cm³/mol. The van der Waals surface area contributed by atoms with Crippen LogP contribution in [0.3, 0.4) is 0 Å². The number of carbonyl (C=O) groups is 1. The molecule has 3 saturated heterocycles. The van der Waals surface area contributed by atoms with Crippen LogP contribution in [0, 0.1) is 5.92 Å². The number of hydrogen-bond acceptors (Lipinski definition) is 5. The zero-order chi connectivity index (χ0) is 13.2. The summed E-state index contributed by atoms with van der Waals surface area (Å²) in [6.45, 7) is 4.38. The van der Waals surface area contributed by atoms with Crippen molar-refractivity contribution in [3.05, 3.63) is 11.9 Å². The van der Waals surface area contributed by atoms with Crippen molar-refractivity contribution in [2.75, 3.05) is 26.2 Å². The van der Waals surface area contributed by atoms with Crippen LogP contribution in [0.2, 0.25) is 0 Å². The van der Waals surface area contributed by atoms with Crippen LogP contribution >= 0.6 is 0 Å². The van der Waals surface area contributed by atoms with Gasteiger partial charge in [-0.25, -0.2) is 0 Å². The van der Waals surface area contributed by atoms with E-state index < -0.39 is 0 Å². The van der Waals surface area contributed by atoms with Crippen LogP contribution in [-0.2, 0) is 6.54 Å². The molecule has 3 N–H and O–H groups in total. The van der Waals surface area contributed by atoms with Gasteiger partial charge < -0.3 is 16.0 Å². The second kappa shape index (κ2) is 5.26. The number of rotatable bonds is 4. The third-order valence-electron chi connectivity index (χ3n) is 4.10. The van der Waals surface area contributed by atoms with Crippen LogP contribution < -0.4 is 11.1 Å². The van der Waals surface area contributed by atoms with Gasteiger partial charge in [0.2, 0.25) is 0 Å². The number of nitrogens with one attached hydrogen (secondary N) is 1. The minimum atomic E-state index is -0.123. The van der Waals surface area contributed by atoms with E-state index in [1.165, 1.54) is 25.9 Å². The van der Waals surface area contributed by atoms with Crippen LogP contribution in [0.25, 0.3) is 0 Å². The van der Waals surface area contributed by atoms with Gasteiger partial charge in [-0.15, -0.1) is 5.10 Å². The van der Waals surface area contributed by atoms with E-state index in [9.17, 15) is 4.79 Å². The molecule has 3 aliphatic rings. The molecule has 0 aliphatic carbocycles. The molecule has 0 aromatic carbocycles. The summed E-state index contributed by atoms with van der Waals surface area (Å²) in [5.41, 5.74) is 5.82. The molecular weight excluding hydrogens is 244 g/mol. The summed E-state index contributed by atoms with van der Waals surface area (Å²) in [5.74, 6) is 0.495. The van der Waals surface area contributed by atoms with Gasteiger partial charge in [-0.2, -0.15) is 0 Å². The molecule has 1 unspecified atom stereocenters. The molecule has 104 valence electrons. The van der Waals surface area contributed by atoms with Gasteiger partial charge in [0.25, 0.3) is 5.91 Å². The van der Waals surface area contributed by atoms with E-state index >= 15 is 0 Å². The molecule has 1 atom stereocenters. The standard InChI is InChI=1S/C12H20N6O/c13-3-6-18-8-11(15-16-18)12(19)14-10-7-17-4-1-9(10)2-5-17/h8-10H,1-7,13H2,(H,14,19). The van der Waals surface area contributed by atoms with Gasteiger partial charge in [-0.05, 0) is 31.8 Å².